The molecule has 0 spiro atoms. The average Bonchev–Trinajstić information content (AvgIpc) is 2.05. The third-order valence-corrected chi connectivity index (χ3v) is 1.27. The lowest BCUT2D eigenvalue weighted by Crippen LogP contribution is -1.76. The number of aliphatic imine (C=N–C) groups is 1. The number of nitrogens with zero attached hydrogens (tertiary/aromatic N) is 1. The Balaban J connectivity index is 4.64. The van der Waals surface area contributed by atoms with E-state index in [9.17, 15) is 0 Å². The van der Waals surface area contributed by atoms with Crippen molar-refractivity contribution in [3.05, 3.63) is 48.7 Å². The second-order valence-electron chi connectivity index (χ2n) is 2.03. The van der Waals surface area contributed by atoms with E-state index in [-0.39, 0.29) is 0 Å². The summed E-state index contributed by atoms with van der Waals surface area (Å²) in [5.41, 5.74) is 1.85. The first-order chi connectivity index (χ1) is 5.26. The van der Waals surface area contributed by atoms with Crippen molar-refractivity contribution in [2.45, 2.75) is 6.92 Å². The molecule has 0 aromatic rings. The van der Waals surface area contributed by atoms with Crippen LogP contribution in [0.25, 0.3) is 0 Å². The molecule has 0 aromatic carbocycles. The Labute approximate surface area is 68.2 Å². The Hall–Kier alpha value is -1.37. The molecule has 0 atom stereocenters. The predicted octanol–water partition coefficient (Wildman–Crippen LogP) is 2.89. The van der Waals surface area contributed by atoms with Gasteiger partial charge in [-0.15, -0.1) is 0 Å². The molecular formula is C10H13N. The highest BCUT2D eigenvalue weighted by atomic mass is 14.7. The van der Waals surface area contributed by atoms with Gasteiger partial charge in [0.25, 0.3) is 0 Å². The summed E-state index contributed by atoms with van der Waals surface area (Å²) in [7, 11) is 0. The molecule has 0 fully saturated rings. The second kappa shape index (κ2) is 5.42. The molecule has 11 heavy (non-hydrogen) atoms. The van der Waals surface area contributed by atoms with Crippen molar-refractivity contribution in [1.29, 1.82) is 0 Å². The molecule has 0 bridgehead atoms. The van der Waals surface area contributed by atoms with E-state index in [4.69, 9.17) is 0 Å². The molecule has 0 amide bonds. The van der Waals surface area contributed by atoms with Crippen LogP contribution in [0, 0.1) is 0 Å². The van der Waals surface area contributed by atoms with E-state index in [2.05, 4.69) is 24.9 Å². The number of allylic oxidation sites excluding steroid dienone is 5. The minimum atomic E-state index is 0.833. The molecule has 0 aromatic heterocycles. The summed E-state index contributed by atoms with van der Waals surface area (Å²) in [6, 6.07) is 0. The molecule has 0 aliphatic carbocycles. The van der Waals surface area contributed by atoms with E-state index in [1.54, 1.807) is 12.2 Å². The Bertz CT molecular complexity index is 219. The van der Waals surface area contributed by atoms with Crippen LogP contribution >= 0.6 is 0 Å². The highest BCUT2D eigenvalue weighted by Gasteiger charge is 1.88. The van der Waals surface area contributed by atoms with Crippen molar-refractivity contribution in [2.24, 2.45) is 4.99 Å². The lowest BCUT2D eigenvalue weighted by molar-refractivity contribution is 1.33. The van der Waals surface area contributed by atoms with Crippen molar-refractivity contribution in [3.8, 4) is 0 Å². The topological polar surface area (TPSA) is 12.4 Å². The normalized spacial score (nSPS) is 12.5. The number of hydrogen-bond donors (Lipinski definition) is 0. The van der Waals surface area contributed by atoms with Crippen LogP contribution in [0.1, 0.15) is 6.92 Å². The quantitative estimate of drug-likeness (QED) is 0.428. The zero-order valence-electron chi connectivity index (χ0n) is 6.88. The van der Waals surface area contributed by atoms with Crippen LogP contribution in [0.15, 0.2) is 53.7 Å². The molecule has 0 aliphatic rings. The summed E-state index contributed by atoms with van der Waals surface area (Å²) in [5, 5.41) is 0. The highest BCUT2D eigenvalue weighted by Crippen LogP contribution is 2.07. The van der Waals surface area contributed by atoms with Crippen molar-refractivity contribution < 1.29 is 0 Å². The summed E-state index contributed by atoms with van der Waals surface area (Å²) in [6.45, 7) is 12.6. The molecule has 0 aliphatic heterocycles. The Morgan fingerprint density at radius 3 is 2.36 bits per heavy atom. The maximum absolute atomic E-state index is 3.82. The largest absolute Gasteiger partial charge is 0.264 e. The van der Waals surface area contributed by atoms with Gasteiger partial charge in [0, 0.05) is 0 Å². The van der Waals surface area contributed by atoms with E-state index >= 15 is 0 Å². The summed E-state index contributed by atoms with van der Waals surface area (Å²) >= 11 is 0. The van der Waals surface area contributed by atoms with Crippen molar-refractivity contribution >= 4 is 6.72 Å². The van der Waals surface area contributed by atoms with Gasteiger partial charge in [-0.25, -0.2) is 0 Å². The molecule has 0 N–H and O–H groups in total. The van der Waals surface area contributed by atoms with Gasteiger partial charge in [-0.05, 0) is 25.3 Å². The SMILES string of the molecule is C=C/C=C\C(N=C)=C(/C)C=C. The zero-order valence-corrected chi connectivity index (χ0v) is 6.88. The van der Waals surface area contributed by atoms with Gasteiger partial charge in [-0.2, -0.15) is 0 Å². The number of hydrogen-bond acceptors (Lipinski definition) is 1. The molecule has 1 nitrogen and oxygen atoms in total. The van der Waals surface area contributed by atoms with E-state index in [1.807, 2.05) is 19.1 Å². The van der Waals surface area contributed by atoms with Crippen molar-refractivity contribution in [1.82, 2.24) is 0 Å². The fraction of sp³-hybridized carbons (Fsp3) is 0.100. The van der Waals surface area contributed by atoms with Gasteiger partial charge in [0.2, 0.25) is 0 Å². The minimum absolute atomic E-state index is 0.833. The van der Waals surface area contributed by atoms with Crippen molar-refractivity contribution in [2.75, 3.05) is 0 Å². The summed E-state index contributed by atoms with van der Waals surface area (Å²) < 4.78 is 0. The fourth-order valence-electron chi connectivity index (χ4n) is 0.573. The van der Waals surface area contributed by atoms with Crippen LogP contribution in [0.3, 0.4) is 0 Å². The van der Waals surface area contributed by atoms with Gasteiger partial charge >= 0.3 is 0 Å². The Morgan fingerprint density at radius 1 is 1.36 bits per heavy atom. The molecule has 0 saturated carbocycles. The first-order valence-electron chi connectivity index (χ1n) is 3.35. The molecular weight excluding hydrogens is 134 g/mol. The van der Waals surface area contributed by atoms with Crippen LogP contribution < -0.4 is 0 Å². The molecule has 58 valence electrons. The van der Waals surface area contributed by atoms with E-state index in [1.165, 1.54) is 0 Å². The first-order valence-corrected chi connectivity index (χ1v) is 3.35. The fourth-order valence-corrected chi connectivity index (χ4v) is 0.573. The maximum atomic E-state index is 3.82. The van der Waals surface area contributed by atoms with Gasteiger partial charge in [0.15, 0.2) is 0 Å². The third kappa shape index (κ3) is 3.36. The zero-order chi connectivity index (χ0) is 8.69. The van der Waals surface area contributed by atoms with Crippen LogP contribution in [-0.2, 0) is 0 Å². The average molecular weight is 147 g/mol. The van der Waals surface area contributed by atoms with E-state index in [0.29, 0.717) is 0 Å². The molecule has 0 radical (unpaired) electrons. The monoisotopic (exact) mass is 147 g/mol. The Kier molecular flexibility index (Phi) is 4.74. The standard InChI is InChI=1S/C10H13N/c1-5-7-8-10(11-4)9(3)6-2/h5-8H,1-2,4H2,3H3/b8-7-,10-9-. The first kappa shape index (κ1) is 9.63. The lowest BCUT2D eigenvalue weighted by atomic mass is 10.2. The molecule has 0 rings (SSSR count). The van der Waals surface area contributed by atoms with Crippen LogP contribution in [0.5, 0.6) is 0 Å². The Morgan fingerprint density at radius 2 is 2.00 bits per heavy atom. The van der Waals surface area contributed by atoms with Gasteiger partial charge in [-0.3, -0.25) is 4.99 Å². The molecule has 0 unspecified atom stereocenters. The van der Waals surface area contributed by atoms with Crippen molar-refractivity contribution in [3.63, 3.8) is 0 Å². The predicted molar refractivity (Wildman–Crippen MR) is 51.8 cm³/mol. The van der Waals surface area contributed by atoms with E-state index in [0.717, 1.165) is 11.3 Å². The van der Waals surface area contributed by atoms with Crippen LogP contribution in [-0.4, -0.2) is 6.72 Å². The van der Waals surface area contributed by atoms with Gasteiger partial charge in [0.05, 0.1) is 5.70 Å². The second-order valence-corrected chi connectivity index (χ2v) is 2.03. The minimum Gasteiger partial charge on any atom is -0.264 e. The molecule has 0 saturated heterocycles. The van der Waals surface area contributed by atoms with E-state index < -0.39 is 0 Å². The summed E-state index contributed by atoms with van der Waals surface area (Å²) in [4.78, 5) is 3.82. The number of rotatable bonds is 4. The molecule has 0 heterocycles. The maximum Gasteiger partial charge on any atom is 0.0651 e. The summed E-state index contributed by atoms with van der Waals surface area (Å²) in [6.07, 6.45) is 7.10. The van der Waals surface area contributed by atoms with Gasteiger partial charge in [0.1, 0.15) is 0 Å². The summed E-state index contributed by atoms with van der Waals surface area (Å²) in [5.74, 6) is 0. The lowest BCUT2D eigenvalue weighted by Gasteiger charge is -1.94. The third-order valence-electron chi connectivity index (χ3n) is 1.27. The smallest absolute Gasteiger partial charge is 0.0651 e. The molecule has 1 heteroatoms. The highest BCUT2D eigenvalue weighted by molar-refractivity contribution is 5.38. The van der Waals surface area contributed by atoms with Crippen LogP contribution in [0.2, 0.25) is 0 Å². The van der Waals surface area contributed by atoms with Gasteiger partial charge < -0.3 is 0 Å². The van der Waals surface area contributed by atoms with Gasteiger partial charge in [-0.1, -0.05) is 31.4 Å². The van der Waals surface area contributed by atoms with Crippen LogP contribution in [0.4, 0.5) is 0 Å².